The Hall–Kier alpha value is -4.21. The predicted octanol–water partition coefficient (Wildman–Crippen LogP) is 4.68. The van der Waals surface area contributed by atoms with E-state index >= 15 is 0 Å². The zero-order chi connectivity index (χ0) is 25.6. The minimum Gasteiger partial charge on any atom is -0.493 e. The number of methoxy groups -OCH3 is 1. The van der Waals surface area contributed by atoms with Crippen LogP contribution >= 0.6 is 15.9 Å². The molecule has 0 saturated heterocycles. The molecule has 35 heavy (non-hydrogen) atoms. The minimum absolute atomic E-state index is 0.0230. The molecule has 1 amide bonds. The van der Waals surface area contributed by atoms with Crippen molar-refractivity contribution in [2.45, 2.75) is 4.90 Å². The standard InChI is InChI=1S/C23H16BrN3O7S/c1-33-22-13-15(12-16(14-25)23(28)26-18-5-3-17(24)4-6-18)2-11-21(22)34-35(31,32)20-9-7-19(8-10-20)27(29)30/h2-13H,1H3,(H,26,28)/b16-12-. The molecule has 1 N–H and O–H groups in total. The highest BCUT2D eigenvalue weighted by Crippen LogP contribution is 2.32. The van der Waals surface area contributed by atoms with E-state index < -0.39 is 20.9 Å². The number of rotatable bonds is 8. The SMILES string of the molecule is COc1cc(/C=C(/C#N)C(=O)Nc2ccc(Br)cc2)ccc1OS(=O)(=O)c1ccc([N+](=O)[O-])cc1. The van der Waals surface area contributed by atoms with E-state index in [0.29, 0.717) is 11.3 Å². The molecule has 3 rings (SSSR count). The van der Waals surface area contributed by atoms with Crippen LogP contribution in [0.1, 0.15) is 5.56 Å². The van der Waals surface area contributed by atoms with Crippen LogP contribution in [0, 0.1) is 21.4 Å². The highest BCUT2D eigenvalue weighted by molar-refractivity contribution is 9.10. The average Bonchev–Trinajstić information content (AvgIpc) is 2.84. The Morgan fingerprint density at radius 1 is 1.09 bits per heavy atom. The molecular formula is C23H16BrN3O7S. The van der Waals surface area contributed by atoms with Gasteiger partial charge in [-0.25, -0.2) is 0 Å². The van der Waals surface area contributed by atoms with Gasteiger partial charge in [0.15, 0.2) is 11.5 Å². The van der Waals surface area contributed by atoms with Gasteiger partial charge in [0.25, 0.3) is 11.6 Å². The summed E-state index contributed by atoms with van der Waals surface area (Å²) in [4.78, 5) is 22.3. The third kappa shape index (κ3) is 6.44. The van der Waals surface area contributed by atoms with E-state index in [1.54, 1.807) is 24.3 Å². The molecule has 0 aliphatic heterocycles. The molecule has 178 valence electrons. The smallest absolute Gasteiger partial charge is 0.339 e. The summed E-state index contributed by atoms with van der Waals surface area (Å²) in [5, 5.41) is 22.8. The maximum absolute atomic E-state index is 12.6. The number of halogens is 1. The van der Waals surface area contributed by atoms with Crippen molar-refractivity contribution in [1.29, 1.82) is 5.26 Å². The largest absolute Gasteiger partial charge is 0.493 e. The van der Waals surface area contributed by atoms with Gasteiger partial charge in [-0.2, -0.15) is 13.7 Å². The molecule has 0 heterocycles. The van der Waals surface area contributed by atoms with E-state index in [9.17, 15) is 28.6 Å². The predicted molar refractivity (Wildman–Crippen MR) is 130 cm³/mol. The summed E-state index contributed by atoms with van der Waals surface area (Å²) in [6, 6.07) is 17.0. The monoisotopic (exact) mass is 557 g/mol. The quantitative estimate of drug-likeness (QED) is 0.138. The highest BCUT2D eigenvalue weighted by Gasteiger charge is 2.21. The fourth-order valence-electron chi connectivity index (χ4n) is 2.79. The lowest BCUT2D eigenvalue weighted by Gasteiger charge is -2.11. The van der Waals surface area contributed by atoms with Crippen molar-refractivity contribution in [3.05, 3.63) is 92.5 Å². The Kier molecular flexibility index (Phi) is 7.85. The van der Waals surface area contributed by atoms with Crippen molar-refractivity contribution >= 4 is 49.4 Å². The van der Waals surface area contributed by atoms with Crippen molar-refractivity contribution in [1.82, 2.24) is 0 Å². The molecule has 3 aromatic rings. The van der Waals surface area contributed by atoms with Gasteiger partial charge in [-0.1, -0.05) is 22.0 Å². The molecule has 0 unspecified atom stereocenters. The fraction of sp³-hybridized carbons (Fsp3) is 0.0435. The van der Waals surface area contributed by atoms with Crippen molar-refractivity contribution in [2.75, 3.05) is 12.4 Å². The lowest BCUT2D eigenvalue weighted by molar-refractivity contribution is -0.384. The lowest BCUT2D eigenvalue weighted by atomic mass is 10.1. The second-order valence-electron chi connectivity index (χ2n) is 6.83. The van der Waals surface area contributed by atoms with Gasteiger partial charge in [-0.3, -0.25) is 14.9 Å². The summed E-state index contributed by atoms with van der Waals surface area (Å²) in [5.41, 5.74) is 0.416. The number of non-ortho nitro benzene ring substituents is 1. The van der Waals surface area contributed by atoms with E-state index in [1.807, 2.05) is 6.07 Å². The number of benzene rings is 3. The molecule has 0 aliphatic carbocycles. The summed E-state index contributed by atoms with van der Waals surface area (Å²) < 4.78 is 36.3. The molecule has 0 spiro atoms. The summed E-state index contributed by atoms with van der Waals surface area (Å²) in [7, 11) is -3.03. The first-order valence-electron chi connectivity index (χ1n) is 9.68. The number of nitro benzene ring substituents is 1. The summed E-state index contributed by atoms with van der Waals surface area (Å²) in [6.07, 6.45) is 1.31. The number of nitrogens with one attached hydrogen (secondary N) is 1. The molecule has 0 radical (unpaired) electrons. The molecule has 10 nitrogen and oxygen atoms in total. The van der Waals surface area contributed by atoms with Crippen LogP contribution in [-0.2, 0) is 14.9 Å². The number of amides is 1. The van der Waals surface area contributed by atoms with Gasteiger partial charge in [0.1, 0.15) is 16.5 Å². The molecule has 12 heteroatoms. The molecular weight excluding hydrogens is 542 g/mol. The molecule has 0 aliphatic rings. The highest BCUT2D eigenvalue weighted by atomic mass is 79.9. The number of nitrogens with zero attached hydrogens (tertiary/aromatic N) is 2. The Morgan fingerprint density at radius 2 is 1.74 bits per heavy atom. The van der Waals surface area contributed by atoms with Crippen LogP contribution in [0.3, 0.4) is 0 Å². The topological polar surface area (TPSA) is 149 Å². The zero-order valence-electron chi connectivity index (χ0n) is 18.0. The molecule has 0 saturated carbocycles. The van der Waals surface area contributed by atoms with Crippen molar-refractivity contribution in [2.24, 2.45) is 0 Å². The van der Waals surface area contributed by atoms with Gasteiger partial charge in [0, 0.05) is 22.3 Å². The number of carbonyl (C=O) groups is 1. The Morgan fingerprint density at radius 3 is 2.31 bits per heavy atom. The number of hydrogen-bond donors (Lipinski definition) is 1. The Labute approximate surface area is 208 Å². The Balaban J connectivity index is 1.83. The molecule has 3 aromatic carbocycles. The van der Waals surface area contributed by atoms with E-state index in [4.69, 9.17) is 8.92 Å². The first-order valence-corrected chi connectivity index (χ1v) is 11.9. The molecule has 0 bridgehead atoms. The van der Waals surface area contributed by atoms with E-state index in [2.05, 4.69) is 21.2 Å². The Bertz CT molecular complexity index is 1450. The summed E-state index contributed by atoms with van der Waals surface area (Å²) in [6.45, 7) is 0. The van der Waals surface area contributed by atoms with Crippen molar-refractivity contribution in [3.63, 3.8) is 0 Å². The molecule has 0 atom stereocenters. The number of ether oxygens (including phenoxy) is 1. The fourth-order valence-corrected chi connectivity index (χ4v) is 3.99. The van der Waals surface area contributed by atoms with E-state index in [0.717, 1.165) is 28.7 Å². The van der Waals surface area contributed by atoms with Gasteiger partial charge >= 0.3 is 10.1 Å². The number of nitro groups is 1. The van der Waals surface area contributed by atoms with Gasteiger partial charge in [-0.15, -0.1) is 0 Å². The van der Waals surface area contributed by atoms with E-state index in [-0.39, 0.29) is 27.7 Å². The summed E-state index contributed by atoms with van der Waals surface area (Å²) in [5.74, 6) is -0.759. The zero-order valence-corrected chi connectivity index (χ0v) is 20.4. The maximum atomic E-state index is 12.6. The molecule has 0 fully saturated rings. The number of nitriles is 1. The minimum atomic E-state index is -4.32. The van der Waals surface area contributed by atoms with Crippen LogP contribution in [0.15, 0.2) is 81.7 Å². The first kappa shape index (κ1) is 25.4. The number of anilines is 1. The van der Waals surface area contributed by atoms with Gasteiger partial charge in [0.2, 0.25) is 0 Å². The summed E-state index contributed by atoms with van der Waals surface area (Å²) >= 11 is 3.30. The lowest BCUT2D eigenvalue weighted by Crippen LogP contribution is -2.13. The maximum Gasteiger partial charge on any atom is 0.339 e. The molecule has 0 aromatic heterocycles. The normalized spacial score (nSPS) is 11.3. The van der Waals surface area contributed by atoms with Crippen LogP contribution in [0.25, 0.3) is 6.08 Å². The first-order chi connectivity index (χ1) is 16.6. The third-order valence-corrected chi connectivity index (χ3v) is 6.28. The van der Waals surface area contributed by atoms with Gasteiger partial charge < -0.3 is 14.2 Å². The van der Waals surface area contributed by atoms with Crippen LogP contribution in [0.5, 0.6) is 11.5 Å². The van der Waals surface area contributed by atoms with Gasteiger partial charge in [0.05, 0.1) is 12.0 Å². The number of carbonyl (C=O) groups excluding carboxylic acids is 1. The van der Waals surface area contributed by atoms with Crippen LogP contribution in [0.4, 0.5) is 11.4 Å². The van der Waals surface area contributed by atoms with Crippen LogP contribution < -0.4 is 14.2 Å². The second kappa shape index (κ2) is 10.8. The third-order valence-electron chi connectivity index (χ3n) is 4.50. The van der Waals surface area contributed by atoms with Gasteiger partial charge in [-0.05, 0) is 60.2 Å². The average molecular weight is 558 g/mol. The second-order valence-corrected chi connectivity index (χ2v) is 9.29. The van der Waals surface area contributed by atoms with Crippen molar-refractivity contribution < 1.29 is 27.1 Å². The van der Waals surface area contributed by atoms with Crippen LogP contribution in [0.2, 0.25) is 0 Å². The van der Waals surface area contributed by atoms with E-state index in [1.165, 1.54) is 31.4 Å². The van der Waals surface area contributed by atoms with Crippen LogP contribution in [-0.4, -0.2) is 26.4 Å². The number of hydrogen-bond acceptors (Lipinski definition) is 8. The van der Waals surface area contributed by atoms with Crippen molar-refractivity contribution in [3.8, 4) is 17.6 Å².